The van der Waals surface area contributed by atoms with E-state index in [9.17, 15) is 9.59 Å². The first-order chi connectivity index (χ1) is 11.4. The fraction of sp³-hybridized carbons (Fsp3) is 0.600. The molecule has 0 saturated carbocycles. The number of urea groups is 1. The summed E-state index contributed by atoms with van der Waals surface area (Å²) in [6.45, 7) is 15.8. The van der Waals surface area contributed by atoms with Crippen molar-refractivity contribution >= 4 is 17.6 Å². The number of amides is 3. The standard InChI is InChI=1S/C20H33N3O2/c1-12(2)15-10-9-11-16(13(3)4)17(15)22-19(25)21-14(5)18(24)23-20(6,7)8/h9-14H,1-8H3,(H,23,24)(H2,21,22,25). The number of carbonyl (C=O) groups is 2. The van der Waals surface area contributed by atoms with E-state index < -0.39 is 6.04 Å². The molecule has 0 heterocycles. The SMILES string of the molecule is CC(NC(=O)Nc1c(C(C)C)cccc1C(C)C)C(=O)NC(C)(C)C. The Bertz CT molecular complexity index is 590. The van der Waals surface area contributed by atoms with Crippen LogP contribution in [0.2, 0.25) is 0 Å². The van der Waals surface area contributed by atoms with Crippen LogP contribution in [0.5, 0.6) is 0 Å². The van der Waals surface area contributed by atoms with Gasteiger partial charge in [-0.1, -0.05) is 45.9 Å². The van der Waals surface area contributed by atoms with Gasteiger partial charge in [0.15, 0.2) is 0 Å². The van der Waals surface area contributed by atoms with E-state index in [1.807, 2.05) is 39.0 Å². The number of hydrogen-bond donors (Lipinski definition) is 3. The molecular weight excluding hydrogens is 314 g/mol. The fourth-order valence-corrected chi connectivity index (χ4v) is 2.59. The zero-order chi connectivity index (χ0) is 19.4. The number of benzene rings is 1. The highest BCUT2D eigenvalue weighted by molar-refractivity contribution is 5.95. The second-order valence-corrected chi connectivity index (χ2v) is 8.18. The summed E-state index contributed by atoms with van der Waals surface area (Å²) in [7, 11) is 0. The number of para-hydroxylation sites is 1. The highest BCUT2D eigenvalue weighted by Crippen LogP contribution is 2.32. The third-order valence-corrected chi connectivity index (χ3v) is 3.85. The highest BCUT2D eigenvalue weighted by Gasteiger charge is 2.22. The summed E-state index contributed by atoms with van der Waals surface area (Å²) in [5.74, 6) is 0.370. The molecular formula is C20H33N3O2. The largest absolute Gasteiger partial charge is 0.350 e. The number of carbonyl (C=O) groups excluding carboxylic acids is 2. The average Bonchev–Trinajstić information content (AvgIpc) is 2.44. The topological polar surface area (TPSA) is 70.2 Å². The lowest BCUT2D eigenvalue weighted by molar-refractivity contribution is -0.123. The Balaban J connectivity index is 2.92. The Hall–Kier alpha value is -2.04. The molecule has 3 N–H and O–H groups in total. The first-order valence-electron chi connectivity index (χ1n) is 8.94. The lowest BCUT2D eigenvalue weighted by Gasteiger charge is -2.24. The predicted molar refractivity (Wildman–Crippen MR) is 104 cm³/mol. The molecule has 0 spiro atoms. The lowest BCUT2D eigenvalue weighted by Crippen LogP contribution is -2.51. The minimum absolute atomic E-state index is 0.205. The smallest absolute Gasteiger partial charge is 0.319 e. The van der Waals surface area contributed by atoms with Gasteiger partial charge in [-0.3, -0.25) is 4.79 Å². The maximum Gasteiger partial charge on any atom is 0.319 e. The molecule has 1 unspecified atom stereocenters. The van der Waals surface area contributed by atoms with Crippen molar-refractivity contribution < 1.29 is 9.59 Å². The van der Waals surface area contributed by atoms with Crippen LogP contribution < -0.4 is 16.0 Å². The van der Waals surface area contributed by atoms with Crippen LogP contribution in [-0.2, 0) is 4.79 Å². The van der Waals surface area contributed by atoms with E-state index in [1.165, 1.54) is 0 Å². The van der Waals surface area contributed by atoms with Crippen molar-refractivity contribution in [2.45, 2.75) is 78.8 Å². The van der Waals surface area contributed by atoms with Crippen molar-refractivity contribution in [2.75, 3.05) is 5.32 Å². The minimum Gasteiger partial charge on any atom is -0.350 e. The normalized spacial score (nSPS) is 12.9. The summed E-state index contributed by atoms with van der Waals surface area (Å²) < 4.78 is 0. The quantitative estimate of drug-likeness (QED) is 0.741. The molecule has 5 heteroatoms. The van der Waals surface area contributed by atoms with Crippen molar-refractivity contribution in [3.8, 4) is 0 Å². The molecule has 0 aromatic heterocycles. The second kappa shape index (κ2) is 8.37. The molecule has 3 amide bonds. The number of hydrogen-bond acceptors (Lipinski definition) is 2. The minimum atomic E-state index is -0.618. The van der Waals surface area contributed by atoms with Crippen LogP contribution in [0.25, 0.3) is 0 Å². The zero-order valence-electron chi connectivity index (χ0n) is 16.8. The zero-order valence-corrected chi connectivity index (χ0v) is 16.8. The first kappa shape index (κ1) is 21.0. The molecule has 0 aliphatic heterocycles. The van der Waals surface area contributed by atoms with Gasteiger partial charge < -0.3 is 16.0 Å². The summed E-state index contributed by atoms with van der Waals surface area (Å²) in [5, 5.41) is 8.55. The Morgan fingerprint density at radius 1 is 0.920 bits per heavy atom. The van der Waals surface area contributed by atoms with Crippen molar-refractivity contribution in [3.05, 3.63) is 29.3 Å². The molecule has 0 bridgehead atoms. The Morgan fingerprint density at radius 3 is 1.80 bits per heavy atom. The van der Waals surface area contributed by atoms with Crippen molar-refractivity contribution in [1.82, 2.24) is 10.6 Å². The molecule has 1 atom stereocenters. The van der Waals surface area contributed by atoms with Gasteiger partial charge in [0, 0.05) is 11.2 Å². The van der Waals surface area contributed by atoms with E-state index in [0.29, 0.717) is 0 Å². The maximum atomic E-state index is 12.4. The van der Waals surface area contributed by atoms with Crippen LogP contribution in [0, 0.1) is 0 Å². The van der Waals surface area contributed by atoms with Crippen molar-refractivity contribution in [1.29, 1.82) is 0 Å². The summed E-state index contributed by atoms with van der Waals surface area (Å²) >= 11 is 0. The summed E-state index contributed by atoms with van der Waals surface area (Å²) in [6, 6.07) is 5.09. The predicted octanol–water partition coefficient (Wildman–Crippen LogP) is 4.36. The van der Waals surface area contributed by atoms with Crippen LogP contribution in [0.15, 0.2) is 18.2 Å². The van der Waals surface area contributed by atoms with Crippen molar-refractivity contribution in [3.63, 3.8) is 0 Å². The molecule has 0 radical (unpaired) electrons. The number of anilines is 1. The van der Waals surface area contributed by atoms with Crippen molar-refractivity contribution in [2.24, 2.45) is 0 Å². The van der Waals surface area contributed by atoms with E-state index in [-0.39, 0.29) is 29.3 Å². The number of nitrogens with one attached hydrogen (secondary N) is 3. The fourth-order valence-electron chi connectivity index (χ4n) is 2.59. The Kier molecular flexibility index (Phi) is 7.03. The third-order valence-electron chi connectivity index (χ3n) is 3.85. The molecule has 0 saturated heterocycles. The molecule has 140 valence electrons. The molecule has 25 heavy (non-hydrogen) atoms. The molecule has 1 aromatic carbocycles. The second-order valence-electron chi connectivity index (χ2n) is 8.18. The van der Waals surface area contributed by atoms with E-state index in [4.69, 9.17) is 0 Å². The van der Waals surface area contributed by atoms with Gasteiger partial charge in [-0.25, -0.2) is 4.79 Å². The van der Waals surface area contributed by atoms with Gasteiger partial charge in [0.1, 0.15) is 6.04 Å². The summed E-state index contributed by atoms with van der Waals surface area (Å²) in [5.41, 5.74) is 2.69. The molecule has 0 aliphatic carbocycles. The lowest BCUT2D eigenvalue weighted by atomic mass is 9.93. The van der Waals surface area contributed by atoms with E-state index in [2.05, 4.69) is 43.6 Å². The van der Waals surface area contributed by atoms with Gasteiger partial charge in [-0.15, -0.1) is 0 Å². The first-order valence-corrected chi connectivity index (χ1v) is 8.94. The summed E-state index contributed by atoms with van der Waals surface area (Å²) in [4.78, 5) is 24.6. The van der Waals surface area contributed by atoms with Gasteiger partial charge >= 0.3 is 6.03 Å². The van der Waals surface area contributed by atoms with Crippen LogP contribution >= 0.6 is 0 Å². The maximum absolute atomic E-state index is 12.4. The summed E-state index contributed by atoms with van der Waals surface area (Å²) in [6.07, 6.45) is 0. The van der Waals surface area contributed by atoms with Gasteiger partial charge in [0.25, 0.3) is 0 Å². The molecule has 1 rings (SSSR count). The van der Waals surface area contributed by atoms with Crippen LogP contribution in [0.1, 0.15) is 78.4 Å². The van der Waals surface area contributed by atoms with E-state index in [1.54, 1.807) is 6.92 Å². The molecule has 1 aromatic rings. The van der Waals surface area contributed by atoms with Crippen LogP contribution in [-0.4, -0.2) is 23.5 Å². The average molecular weight is 348 g/mol. The molecule has 0 aliphatic rings. The Morgan fingerprint density at radius 2 is 1.40 bits per heavy atom. The van der Waals surface area contributed by atoms with Gasteiger partial charge in [-0.05, 0) is 50.7 Å². The monoisotopic (exact) mass is 347 g/mol. The third kappa shape index (κ3) is 6.40. The van der Waals surface area contributed by atoms with Crippen LogP contribution in [0.3, 0.4) is 0 Å². The van der Waals surface area contributed by atoms with E-state index in [0.717, 1.165) is 16.8 Å². The molecule has 5 nitrogen and oxygen atoms in total. The highest BCUT2D eigenvalue weighted by atomic mass is 16.2. The van der Waals surface area contributed by atoms with Gasteiger partial charge in [0.2, 0.25) is 5.91 Å². The van der Waals surface area contributed by atoms with E-state index >= 15 is 0 Å². The van der Waals surface area contributed by atoms with Gasteiger partial charge in [-0.2, -0.15) is 0 Å². The molecule has 0 fully saturated rings. The van der Waals surface area contributed by atoms with Crippen LogP contribution in [0.4, 0.5) is 10.5 Å². The number of rotatable bonds is 5. The van der Waals surface area contributed by atoms with Gasteiger partial charge in [0.05, 0.1) is 0 Å². The Labute approximate surface area is 152 Å².